The van der Waals surface area contributed by atoms with Crippen LogP contribution in [0.2, 0.25) is 0 Å². The summed E-state index contributed by atoms with van der Waals surface area (Å²) in [6.07, 6.45) is 0. The predicted octanol–water partition coefficient (Wildman–Crippen LogP) is 4.34. The zero-order valence-corrected chi connectivity index (χ0v) is 13.9. The van der Waals surface area contributed by atoms with E-state index < -0.39 is 29.2 Å². The zero-order chi connectivity index (χ0) is 19.6. The van der Waals surface area contributed by atoms with Gasteiger partial charge in [-0.05, 0) is 31.2 Å². The third-order valence-electron chi connectivity index (χ3n) is 3.49. The number of para-hydroxylation sites is 1. The first-order chi connectivity index (χ1) is 12.8. The van der Waals surface area contributed by atoms with Crippen LogP contribution in [0, 0.1) is 30.2 Å². The topological polar surface area (TPSA) is 66.9 Å². The number of anilines is 3. The Hall–Kier alpha value is -3.49. The largest absolute Gasteiger partial charge is 0.338 e. The molecule has 1 heterocycles. The van der Waals surface area contributed by atoms with Gasteiger partial charge in [-0.3, -0.25) is 4.79 Å². The Bertz CT molecular complexity index is 1030. The van der Waals surface area contributed by atoms with E-state index in [1.165, 1.54) is 31.2 Å². The van der Waals surface area contributed by atoms with Gasteiger partial charge in [0.05, 0.1) is 11.4 Å². The van der Waals surface area contributed by atoms with Crippen LogP contribution in [0.1, 0.15) is 16.3 Å². The van der Waals surface area contributed by atoms with Crippen molar-refractivity contribution >= 4 is 23.1 Å². The van der Waals surface area contributed by atoms with E-state index in [2.05, 4.69) is 20.6 Å². The van der Waals surface area contributed by atoms with E-state index in [4.69, 9.17) is 0 Å². The van der Waals surface area contributed by atoms with Crippen LogP contribution in [-0.2, 0) is 0 Å². The van der Waals surface area contributed by atoms with Crippen molar-refractivity contribution in [3.05, 3.63) is 77.3 Å². The van der Waals surface area contributed by atoms with Crippen molar-refractivity contribution in [3.63, 3.8) is 0 Å². The monoisotopic (exact) mass is 376 g/mol. The maximum absolute atomic E-state index is 13.8. The summed E-state index contributed by atoms with van der Waals surface area (Å²) in [6.45, 7) is 1.48. The van der Waals surface area contributed by atoms with Gasteiger partial charge in [-0.25, -0.2) is 27.5 Å². The normalized spacial score (nSPS) is 10.6. The van der Waals surface area contributed by atoms with Gasteiger partial charge in [0.2, 0.25) is 0 Å². The van der Waals surface area contributed by atoms with Crippen molar-refractivity contribution in [3.8, 4) is 0 Å². The average Bonchev–Trinajstić information content (AvgIpc) is 2.63. The van der Waals surface area contributed by atoms with Crippen molar-refractivity contribution in [2.75, 3.05) is 10.6 Å². The van der Waals surface area contributed by atoms with Gasteiger partial charge < -0.3 is 10.6 Å². The van der Waals surface area contributed by atoms with Gasteiger partial charge in [-0.15, -0.1) is 0 Å². The van der Waals surface area contributed by atoms with Crippen LogP contribution in [0.4, 0.5) is 34.8 Å². The van der Waals surface area contributed by atoms with Gasteiger partial charge >= 0.3 is 0 Å². The second-order valence-corrected chi connectivity index (χ2v) is 5.47. The first-order valence-corrected chi connectivity index (χ1v) is 7.67. The van der Waals surface area contributed by atoms with Crippen molar-refractivity contribution in [2.24, 2.45) is 0 Å². The van der Waals surface area contributed by atoms with E-state index in [1.807, 2.05) is 0 Å². The van der Waals surface area contributed by atoms with Gasteiger partial charge in [-0.1, -0.05) is 12.1 Å². The fourth-order valence-corrected chi connectivity index (χ4v) is 2.26. The summed E-state index contributed by atoms with van der Waals surface area (Å²) < 4.78 is 53.8. The fraction of sp³-hybridized carbons (Fsp3) is 0.0556. The molecule has 3 rings (SSSR count). The number of carbonyl (C=O) groups is 1. The standard InChI is InChI=1S/C18H12F4N4O/c1-9-23-14(18(27)26-12-5-3-2-4-10(12)19)8-15(24-9)25-13-7-6-11(20)16(21)17(13)22/h2-8H,1H3,(H,26,27)(H,23,24,25). The molecule has 0 saturated heterocycles. The van der Waals surface area contributed by atoms with E-state index in [0.29, 0.717) is 0 Å². The van der Waals surface area contributed by atoms with Crippen LogP contribution in [0.25, 0.3) is 0 Å². The maximum Gasteiger partial charge on any atom is 0.274 e. The number of halogens is 4. The number of aromatic nitrogens is 2. The summed E-state index contributed by atoms with van der Waals surface area (Å²) in [5.74, 6) is -5.61. The molecule has 0 aliphatic carbocycles. The van der Waals surface area contributed by atoms with Crippen molar-refractivity contribution in [2.45, 2.75) is 6.92 Å². The fourth-order valence-electron chi connectivity index (χ4n) is 2.26. The number of amides is 1. The second-order valence-electron chi connectivity index (χ2n) is 5.47. The van der Waals surface area contributed by atoms with Crippen LogP contribution in [0.5, 0.6) is 0 Å². The number of benzene rings is 2. The highest BCUT2D eigenvalue weighted by Gasteiger charge is 2.16. The molecule has 0 aliphatic heterocycles. The summed E-state index contributed by atoms with van der Waals surface area (Å²) in [5, 5.41) is 4.82. The summed E-state index contributed by atoms with van der Waals surface area (Å²) in [7, 11) is 0. The lowest BCUT2D eigenvalue weighted by Crippen LogP contribution is -2.16. The number of nitrogens with zero attached hydrogens (tertiary/aromatic N) is 2. The molecule has 138 valence electrons. The Morgan fingerprint density at radius 2 is 1.63 bits per heavy atom. The second kappa shape index (κ2) is 7.40. The van der Waals surface area contributed by atoms with Crippen LogP contribution < -0.4 is 10.6 Å². The Labute approximate surface area is 151 Å². The summed E-state index contributed by atoms with van der Waals surface area (Å²) in [4.78, 5) is 20.2. The average molecular weight is 376 g/mol. The molecule has 0 bridgehead atoms. The molecule has 27 heavy (non-hydrogen) atoms. The highest BCUT2D eigenvalue weighted by atomic mass is 19.2. The minimum Gasteiger partial charge on any atom is -0.338 e. The molecular formula is C18H12F4N4O. The molecule has 0 atom stereocenters. The van der Waals surface area contributed by atoms with E-state index >= 15 is 0 Å². The maximum atomic E-state index is 13.8. The number of nitrogens with one attached hydrogen (secondary N) is 2. The molecule has 0 aliphatic rings. The summed E-state index contributed by atoms with van der Waals surface area (Å²) in [5.41, 5.74) is -0.538. The van der Waals surface area contributed by atoms with E-state index in [9.17, 15) is 22.4 Å². The molecule has 0 saturated carbocycles. The molecule has 2 N–H and O–H groups in total. The third kappa shape index (κ3) is 4.02. The van der Waals surface area contributed by atoms with Gasteiger partial charge in [0.15, 0.2) is 17.5 Å². The summed E-state index contributed by atoms with van der Waals surface area (Å²) in [6, 6.07) is 8.48. The van der Waals surface area contributed by atoms with Crippen LogP contribution >= 0.6 is 0 Å². The van der Waals surface area contributed by atoms with Gasteiger partial charge in [0.1, 0.15) is 23.2 Å². The van der Waals surface area contributed by atoms with Crippen molar-refractivity contribution < 1.29 is 22.4 Å². The lowest BCUT2D eigenvalue weighted by molar-refractivity contribution is 0.102. The highest BCUT2D eigenvalue weighted by Crippen LogP contribution is 2.23. The van der Waals surface area contributed by atoms with Crippen LogP contribution in [0.15, 0.2) is 42.5 Å². The molecule has 0 unspecified atom stereocenters. The molecule has 0 fully saturated rings. The molecular weight excluding hydrogens is 364 g/mol. The van der Waals surface area contributed by atoms with Gasteiger partial charge in [-0.2, -0.15) is 0 Å². The first-order valence-electron chi connectivity index (χ1n) is 7.67. The molecule has 2 aromatic carbocycles. The third-order valence-corrected chi connectivity index (χ3v) is 3.49. The van der Waals surface area contributed by atoms with Crippen LogP contribution in [0.3, 0.4) is 0 Å². The minimum absolute atomic E-state index is 0.0221. The van der Waals surface area contributed by atoms with E-state index in [-0.39, 0.29) is 28.7 Å². The van der Waals surface area contributed by atoms with E-state index in [0.717, 1.165) is 12.1 Å². The molecule has 5 nitrogen and oxygen atoms in total. The summed E-state index contributed by atoms with van der Waals surface area (Å²) >= 11 is 0. The number of rotatable bonds is 4. The quantitative estimate of drug-likeness (QED) is 0.525. The van der Waals surface area contributed by atoms with Crippen LogP contribution in [-0.4, -0.2) is 15.9 Å². The molecule has 9 heteroatoms. The Balaban J connectivity index is 1.87. The Morgan fingerprint density at radius 1 is 0.889 bits per heavy atom. The molecule has 1 amide bonds. The van der Waals surface area contributed by atoms with Gasteiger partial charge in [0, 0.05) is 6.07 Å². The number of aryl methyl sites for hydroxylation is 1. The van der Waals surface area contributed by atoms with Crippen molar-refractivity contribution in [1.29, 1.82) is 0 Å². The molecule has 0 spiro atoms. The predicted molar refractivity (Wildman–Crippen MR) is 90.7 cm³/mol. The smallest absolute Gasteiger partial charge is 0.274 e. The lowest BCUT2D eigenvalue weighted by Gasteiger charge is -2.10. The van der Waals surface area contributed by atoms with E-state index in [1.54, 1.807) is 6.07 Å². The highest BCUT2D eigenvalue weighted by molar-refractivity contribution is 6.03. The Kier molecular flexibility index (Phi) is 5.02. The minimum atomic E-state index is -1.64. The number of carbonyl (C=O) groups excluding carboxylic acids is 1. The molecule has 3 aromatic rings. The number of hydrogen-bond donors (Lipinski definition) is 2. The number of hydrogen-bond acceptors (Lipinski definition) is 4. The molecule has 0 radical (unpaired) electrons. The lowest BCUT2D eigenvalue weighted by atomic mass is 10.2. The van der Waals surface area contributed by atoms with Crippen molar-refractivity contribution in [1.82, 2.24) is 9.97 Å². The zero-order valence-electron chi connectivity index (χ0n) is 13.9. The molecule has 1 aromatic heterocycles. The van der Waals surface area contributed by atoms with Gasteiger partial charge in [0.25, 0.3) is 5.91 Å². The SMILES string of the molecule is Cc1nc(Nc2ccc(F)c(F)c2F)cc(C(=O)Nc2ccccc2F)n1. The Morgan fingerprint density at radius 3 is 2.37 bits per heavy atom. The first kappa shape index (κ1) is 18.3.